The van der Waals surface area contributed by atoms with Crippen LogP contribution in [0.15, 0.2) is 78.0 Å². The summed E-state index contributed by atoms with van der Waals surface area (Å²) < 4.78 is 47.0. The van der Waals surface area contributed by atoms with E-state index in [0.29, 0.717) is 22.2 Å². The highest BCUT2D eigenvalue weighted by atomic mass is 32.2. The van der Waals surface area contributed by atoms with Gasteiger partial charge in [-0.05, 0) is 48.4 Å². The number of sulfonamides is 1. The third kappa shape index (κ3) is 4.29. The molecule has 0 atom stereocenters. The molecule has 0 fully saturated rings. The van der Waals surface area contributed by atoms with Gasteiger partial charge in [0, 0.05) is 36.5 Å². The van der Waals surface area contributed by atoms with Crippen LogP contribution in [0.4, 0.5) is 4.39 Å². The Kier molecular flexibility index (Phi) is 5.43. The zero-order valence-electron chi connectivity index (χ0n) is 16.0. The van der Waals surface area contributed by atoms with Crippen LogP contribution < -0.4 is 9.46 Å². The van der Waals surface area contributed by atoms with Gasteiger partial charge in [-0.25, -0.2) is 22.5 Å². The van der Waals surface area contributed by atoms with Gasteiger partial charge in [-0.1, -0.05) is 18.2 Å². The van der Waals surface area contributed by atoms with Crippen LogP contribution in [0.5, 0.6) is 11.6 Å². The van der Waals surface area contributed by atoms with Gasteiger partial charge in [0.2, 0.25) is 15.9 Å². The molecule has 4 rings (SSSR count). The van der Waals surface area contributed by atoms with Crippen molar-refractivity contribution in [3.8, 4) is 11.6 Å². The summed E-state index contributed by atoms with van der Waals surface area (Å²) in [5.41, 5.74) is 2.21. The van der Waals surface area contributed by atoms with E-state index in [0.717, 1.165) is 5.56 Å². The van der Waals surface area contributed by atoms with Crippen molar-refractivity contribution in [2.75, 3.05) is 0 Å². The van der Waals surface area contributed by atoms with Gasteiger partial charge in [0.05, 0.1) is 10.4 Å². The van der Waals surface area contributed by atoms with Crippen molar-refractivity contribution in [1.82, 2.24) is 14.7 Å². The Morgan fingerprint density at radius 3 is 2.67 bits per heavy atom. The molecule has 152 valence electrons. The highest BCUT2D eigenvalue weighted by Crippen LogP contribution is 2.24. The van der Waals surface area contributed by atoms with Crippen molar-refractivity contribution in [1.29, 1.82) is 0 Å². The normalized spacial score (nSPS) is 11.5. The SMILES string of the molecule is Cc1ccc(S(=O)(=O)NCc2ccc(Oc3cccc(F)c3)nc2)c2cccnc12. The number of halogens is 1. The van der Waals surface area contributed by atoms with E-state index in [1.54, 1.807) is 48.7 Å². The molecule has 2 aromatic heterocycles. The Morgan fingerprint density at radius 2 is 1.90 bits per heavy atom. The number of rotatable bonds is 6. The maximum atomic E-state index is 13.2. The van der Waals surface area contributed by atoms with Crippen molar-refractivity contribution < 1.29 is 17.5 Å². The molecule has 0 radical (unpaired) electrons. The molecule has 0 saturated carbocycles. The summed E-state index contributed by atoms with van der Waals surface area (Å²) in [4.78, 5) is 8.61. The van der Waals surface area contributed by atoms with Crippen LogP contribution in [-0.2, 0) is 16.6 Å². The maximum Gasteiger partial charge on any atom is 0.241 e. The van der Waals surface area contributed by atoms with Crippen LogP contribution in [0, 0.1) is 12.7 Å². The highest BCUT2D eigenvalue weighted by Gasteiger charge is 2.18. The molecule has 4 aromatic rings. The first-order chi connectivity index (χ1) is 14.4. The molecule has 0 aliphatic carbocycles. The maximum absolute atomic E-state index is 13.2. The molecule has 6 nitrogen and oxygen atoms in total. The number of nitrogens with zero attached hydrogens (tertiary/aromatic N) is 2. The van der Waals surface area contributed by atoms with Crippen LogP contribution >= 0.6 is 0 Å². The Hall–Kier alpha value is -3.36. The summed E-state index contributed by atoms with van der Waals surface area (Å²) in [6.45, 7) is 1.95. The van der Waals surface area contributed by atoms with E-state index in [2.05, 4.69) is 14.7 Å². The fourth-order valence-corrected chi connectivity index (χ4v) is 4.22. The van der Waals surface area contributed by atoms with Gasteiger partial charge in [0.25, 0.3) is 0 Å². The second kappa shape index (κ2) is 8.17. The van der Waals surface area contributed by atoms with Crippen LogP contribution in [0.1, 0.15) is 11.1 Å². The molecule has 0 saturated heterocycles. The number of nitrogens with one attached hydrogen (secondary N) is 1. The highest BCUT2D eigenvalue weighted by molar-refractivity contribution is 7.89. The number of benzene rings is 2. The molecule has 0 aliphatic heterocycles. The molecule has 2 heterocycles. The molecule has 0 unspecified atom stereocenters. The van der Waals surface area contributed by atoms with E-state index in [4.69, 9.17) is 4.74 Å². The van der Waals surface area contributed by atoms with E-state index in [-0.39, 0.29) is 17.3 Å². The van der Waals surface area contributed by atoms with Gasteiger partial charge in [-0.3, -0.25) is 4.98 Å². The number of aromatic nitrogens is 2. The third-order valence-electron chi connectivity index (χ3n) is 4.50. The fraction of sp³-hybridized carbons (Fsp3) is 0.0909. The monoisotopic (exact) mass is 423 g/mol. The largest absolute Gasteiger partial charge is 0.439 e. The molecule has 30 heavy (non-hydrogen) atoms. The molecule has 8 heteroatoms. The van der Waals surface area contributed by atoms with Gasteiger partial charge in [-0.2, -0.15) is 0 Å². The third-order valence-corrected chi connectivity index (χ3v) is 5.96. The lowest BCUT2D eigenvalue weighted by Crippen LogP contribution is -2.23. The minimum absolute atomic E-state index is 0.0607. The zero-order chi connectivity index (χ0) is 21.1. The molecular formula is C22H18FN3O3S. The first kappa shape index (κ1) is 19.9. The lowest BCUT2D eigenvalue weighted by Gasteiger charge is -2.11. The van der Waals surface area contributed by atoms with Crippen LogP contribution in [-0.4, -0.2) is 18.4 Å². The first-order valence-corrected chi connectivity index (χ1v) is 10.6. The van der Waals surface area contributed by atoms with Crippen LogP contribution in [0.25, 0.3) is 10.9 Å². The first-order valence-electron chi connectivity index (χ1n) is 9.15. The number of fused-ring (bicyclic) bond motifs is 1. The van der Waals surface area contributed by atoms with E-state index in [1.807, 2.05) is 6.92 Å². The summed E-state index contributed by atoms with van der Waals surface area (Å²) >= 11 is 0. The van der Waals surface area contributed by atoms with Crippen molar-refractivity contribution in [3.05, 3.63) is 90.0 Å². The molecule has 1 N–H and O–H groups in total. The Bertz CT molecular complexity index is 1310. The molecular weight excluding hydrogens is 405 g/mol. The van der Waals surface area contributed by atoms with E-state index in [9.17, 15) is 12.8 Å². The minimum atomic E-state index is -3.76. The van der Waals surface area contributed by atoms with E-state index < -0.39 is 15.8 Å². The van der Waals surface area contributed by atoms with Gasteiger partial charge >= 0.3 is 0 Å². The number of pyridine rings is 2. The predicted molar refractivity (Wildman–Crippen MR) is 111 cm³/mol. The lowest BCUT2D eigenvalue weighted by molar-refractivity contribution is 0.457. The fourth-order valence-electron chi connectivity index (χ4n) is 3.01. The predicted octanol–water partition coefficient (Wildman–Crippen LogP) is 4.35. The second-order valence-corrected chi connectivity index (χ2v) is 8.40. The van der Waals surface area contributed by atoms with Crippen LogP contribution in [0.3, 0.4) is 0 Å². The quantitative estimate of drug-likeness (QED) is 0.499. The number of hydrogen-bond acceptors (Lipinski definition) is 5. The second-order valence-electron chi connectivity index (χ2n) is 6.67. The number of ether oxygens (including phenoxy) is 1. The Morgan fingerprint density at radius 1 is 1.03 bits per heavy atom. The van der Waals surface area contributed by atoms with Gasteiger partial charge < -0.3 is 4.74 Å². The average Bonchev–Trinajstić information content (AvgIpc) is 2.74. The smallest absolute Gasteiger partial charge is 0.241 e. The van der Waals surface area contributed by atoms with Crippen molar-refractivity contribution in [2.24, 2.45) is 0 Å². The summed E-state index contributed by atoms with van der Waals surface area (Å²) in [6, 6.07) is 15.8. The van der Waals surface area contributed by atoms with Crippen molar-refractivity contribution >= 4 is 20.9 Å². The molecule has 0 amide bonds. The van der Waals surface area contributed by atoms with Gasteiger partial charge in [0.15, 0.2) is 0 Å². The Balaban J connectivity index is 1.49. The van der Waals surface area contributed by atoms with Gasteiger partial charge in [0.1, 0.15) is 11.6 Å². The topological polar surface area (TPSA) is 81.2 Å². The lowest BCUT2D eigenvalue weighted by atomic mass is 10.1. The standard InChI is InChI=1S/C22H18FN3O3S/c1-15-7-9-20(19-6-3-11-24-22(15)19)30(27,28)26-14-16-8-10-21(25-13-16)29-18-5-2-4-17(23)12-18/h2-13,26H,14H2,1H3. The zero-order valence-corrected chi connectivity index (χ0v) is 16.9. The average molecular weight is 423 g/mol. The van der Waals surface area contributed by atoms with Crippen molar-refractivity contribution in [3.63, 3.8) is 0 Å². The van der Waals surface area contributed by atoms with Crippen molar-refractivity contribution in [2.45, 2.75) is 18.4 Å². The summed E-state index contributed by atoms with van der Waals surface area (Å²) in [5.74, 6) is 0.205. The summed E-state index contributed by atoms with van der Waals surface area (Å²) in [6.07, 6.45) is 3.14. The Labute approximate surface area is 173 Å². The van der Waals surface area contributed by atoms with E-state index in [1.165, 1.54) is 24.4 Å². The minimum Gasteiger partial charge on any atom is -0.439 e. The number of aryl methyl sites for hydroxylation is 1. The summed E-state index contributed by atoms with van der Waals surface area (Å²) in [5, 5.41) is 0.571. The van der Waals surface area contributed by atoms with E-state index >= 15 is 0 Å². The molecule has 0 bridgehead atoms. The molecule has 2 aromatic carbocycles. The van der Waals surface area contributed by atoms with Gasteiger partial charge in [-0.15, -0.1) is 0 Å². The van der Waals surface area contributed by atoms with Crippen LogP contribution in [0.2, 0.25) is 0 Å². The summed E-state index contributed by atoms with van der Waals surface area (Å²) in [7, 11) is -3.76. The number of hydrogen-bond donors (Lipinski definition) is 1. The molecule has 0 spiro atoms. The molecule has 0 aliphatic rings.